The van der Waals surface area contributed by atoms with Gasteiger partial charge in [-0.15, -0.1) is 0 Å². The van der Waals surface area contributed by atoms with Gasteiger partial charge in [0.1, 0.15) is 12.4 Å². The van der Waals surface area contributed by atoms with E-state index in [1.807, 2.05) is 4.68 Å². The van der Waals surface area contributed by atoms with Crippen molar-refractivity contribution in [1.29, 1.82) is 0 Å². The van der Waals surface area contributed by atoms with Crippen molar-refractivity contribution in [2.75, 3.05) is 20.2 Å². The first-order valence-corrected chi connectivity index (χ1v) is 10.2. The molecule has 1 fully saturated rings. The number of fused-ring (bicyclic) bond motifs is 1. The van der Waals surface area contributed by atoms with Crippen molar-refractivity contribution in [3.63, 3.8) is 0 Å². The van der Waals surface area contributed by atoms with E-state index in [0.717, 1.165) is 62.8 Å². The van der Waals surface area contributed by atoms with Gasteiger partial charge in [0.2, 0.25) is 0 Å². The molecule has 3 N–H and O–H groups in total. The Labute approximate surface area is 161 Å². The number of aliphatic hydroxyl groups is 1. The van der Waals surface area contributed by atoms with Crippen LogP contribution in [-0.4, -0.2) is 58.2 Å². The Balaban J connectivity index is 1.62. The fourth-order valence-electron chi connectivity index (χ4n) is 4.01. The van der Waals surface area contributed by atoms with Crippen LogP contribution in [0.5, 0.6) is 0 Å². The number of ether oxygens (including phenoxy) is 1. The van der Waals surface area contributed by atoms with Crippen LogP contribution in [0.2, 0.25) is 0 Å². The highest BCUT2D eigenvalue weighted by Gasteiger charge is 2.35. The summed E-state index contributed by atoms with van der Waals surface area (Å²) in [5, 5.41) is 21.8. The minimum atomic E-state index is -0.260. The van der Waals surface area contributed by atoms with Crippen LogP contribution in [0.1, 0.15) is 57.6 Å². The summed E-state index contributed by atoms with van der Waals surface area (Å²) in [5.74, 6) is 2.59. The molecule has 0 radical (unpaired) electrons. The van der Waals surface area contributed by atoms with Crippen LogP contribution in [0.3, 0.4) is 0 Å². The molecule has 0 amide bonds. The fourth-order valence-corrected chi connectivity index (χ4v) is 4.01. The smallest absolute Gasteiger partial charge is 0.191 e. The molecule has 0 bridgehead atoms. The Morgan fingerprint density at radius 1 is 1.41 bits per heavy atom. The zero-order valence-electron chi connectivity index (χ0n) is 16.9. The first kappa shape index (κ1) is 20.1. The highest BCUT2D eigenvalue weighted by molar-refractivity contribution is 5.80. The molecule has 2 aliphatic rings. The molecule has 2 heterocycles. The summed E-state index contributed by atoms with van der Waals surface area (Å²) in [6, 6.07) is 0.261. The molecule has 0 aromatic carbocycles. The average molecular weight is 379 g/mol. The van der Waals surface area contributed by atoms with Gasteiger partial charge >= 0.3 is 0 Å². The van der Waals surface area contributed by atoms with E-state index in [0.29, 0.717) is 13.2 Å². The summed E-state index contributed by atoms with van der Waals surface area (Å²) < 4.78 is 7.11. The van der Waals surface area contributed by atoms with E-state index in [-0.39, 0.29) is 17.6 Å². The van der Waals surface area contributed by atoms with Gasteiger partial charge in [0.05, 0.1) is 19.2 Å². The molecule has 3 unspecified atom stereocenters. The highest BCUT2D eigenvalue weighted by Crippen LogP contribution is 2.36. The third kappa shape index (κ3) is 4.99. The minimum absolute atomic E-state index is 0.124. The summed E-state index contributed by atoms with van der Waals surface area (Å²) in [7, 11) is 1.66. The van der Waals surface area contributed by atoms with Gasteiger partial charge in [-0.3, -0.25) is 4.99 Å². The largest absolute Gasteiger partial charge is 0.392 e. The predicted octanol–water partition coefficient (Wildman–Crippen LogP) is 1.24. The topological polar surface area (TPSA) is 96.6 Å². The molecule has 1 aromatic rings. The second-order valence-electron chi connectivity index (χ2n) is 8.05. The van der Waals surface area contributed by atoms with E-state index >= 15 is 0 Å². The summed E-state index contributed by atoms with van der Waals surface area (Å²) in [5.41, 5.74) is -0.124. The molecule has 1 aromatic heterocycles. The Bertz CT molecular complexity index is 646. The number of hydrogen-bond donors (Lipinski definition) is 3. The molecule has 8 nitrogen and oxygen atoms in total. The Kier molecular flexibility index (Phi) is 6.70. The number of rotatable bonds is 6. The monoisotopic (exact) mass is 378 g/mol. The molecule has 3 atom stereocenters. The molecular weight excluding hydrogens is 344 g/mol. The molecule has 1 aliphatic heterocycles. The second kappa shape index (κ2) is 9.01. The van der Waals surface area contributed by atoms with Crippen LogP contribution in [0.4, 0.5) is 0 Å². The Hall–Kier alpha value is -1.67. The molecular formula is C19H34N6O2. The molecule has 0 spiro atoms. The predicted molar refractivity (Wildman–Crippen MR) is 105 cm³/mol. The second-order valence-corrected chi connectivity index (χ2v) is 8.05. The van der Waals surface area contributed by atoms with Crippen molar-refractivity contribution in [3.05, 3.63) is 11.6 Å². The lowest BCUT2D eigenvalue weighted by Crippen LogP contribution is -2.48. The molecule has 0 saturated heterocycles. The number of aromatic nitrogens is 3. The molecule has 8 heteroatoms. The van der Waals surface area contributed by atoms with Gasteiger partial charge in [-0.05, 0) is 26.2 Å². The van der Waals surface area contributed by atoms with Crippen LogP contribution < -0.4 is 10.6 Å². The van der Waals surface area contributed by atoms with Crippen molar-refractivity contribution >= 4 is 5.96 Å². The first-order valence-electron chi connectivity index (χ1n) is 10.2. The maximum atomic E-state index is 10.4. The number of methoxy groups -OCH3 is 1. The molecule has 1 aliphatic carbocycles. The molecule has 3 rings (SSSR count). The number of hydrogen-bond acceptors (Lipinski definition) is 5. The quantitative estimate of drug-likeness (QED) is 0.509. The fraction of sp³-hybridized carbons (Fsp3) is 0.842. The van der Waals surface area contributed by atoms with Crippen molar-refractivity contribution in [1.82, 2.24) is 25.4 Å². The SMILES string of the molecule is CCNC(=NCC1(C)CCCCC1O)NC1CCc2nc(COC)nn2C1. The number of guanidine groups is 1. The van der Waals surface area contributed by atoms with E-state index < -0.39 is 0 Å². The van der Waals surface area contributed by atoms with Gasteiger partial charge in [0, 0.05) is 31.5 Å². The normalized spacial score (nSPS) is 28.7. The first-order chi connectivity index (χ1) is 13.0. The van der Waals surface area contributed by atoms with Gasteiger partial charge in [-0.1, -0.05) is 19.8 Å². The van der Waals surface area contributed by atoms with E-state index in [9.17, 15) is 5.11 Å². The van der Waals surface area contributed by atoms with Crippen LogP contribution in [-0.2, 0) is 24.3 Å². The maximum absolute atomic E-state index is 10.4. The lowest BCUT2D eigenvalue weighted by atomic mass is 9.73. The zero-order valence-corrected chi connectivity index (χ0v) is 16.9. The van der Waals surface area contributed by atoms with Gasteiger partial charge in [0.15, 0.2) is 11.8 Å². The number of aryl methyl sites for hydroxylation is 1. The number of aliphatic hydroxyl groups excluding tert-OH is 1. The Morgan fingerprint density at radius 2 is 2.26 bits per heavy atom. The third-order valence-corrected chi connectivity index (χ3v) is 5.74. The molecule has 27 heavy (non-hydrogen) atoms. The number of aliphatic imine (C=N–C) groups is 1. The molecule has 1 saturated carbocycles. The van der Waals surface area contributed by atoms with E-state index in [1.54, 1.807) is 7.11 Å². The number of nitrogens with one attached hydrogen (secondary N) is 2. The van der Waals surface area contributed by atoms with Gasteiger partial charge in [-0.25, -0.2) is 9.67 Å². The Morgan fingerprint density at radius 3 is 3.00 bits per heavy atom. The van der Waals surface area contributed by atoms with Crippen molar-refractivity contribution < 1.29 is 9.84 Å². The van der Waals surface area contributed by atoms with Gasteiger partial charge < -0.3 is 20.5 Å². The van der Waals surface area contributed by atoms with Crippen molar-refractivity contribution in [3.8, 4) is 0 Å². The average Bonchev–Trinajstić information content (AvgIpc) is 3.05. The summed E-state index contributed by atoms with van der Waals surface area (Å²) in [6.45, 7) is 6.90. The zero-order chi connectivity index (χ0) is 19.3. The lowest BCUT2D eigenvalue weighted by Gasteiger charge is -2.37. The number of nitrogens with zero attached hydrogens (tertiary/aromatic N) is 4. The van der Waals surface area contributed by atoms with Gasteiger partial charge in [-0.2, -0.15) is 5.10 Å². The van der Waals surface area contributed by atoms with E-state index in [1.165, 1.54) is 6.42 Å². The van der Waals surface area contributed by atoms with Crippen LogP contribution >= 0.6 is 0 Å². The standard InChI is InChI=1S/C19H34N6O2/c1-4-20-18(21-13-19(2)10-6-5-7-15(19)26)22-14-8-9-17-23-16(12-27-3)24-25(17)11-14/h14-15,26H,4-13H2,1-3H3,(H2,20,21,22). The van der Waals surface area contributed by atoms with Crippen molar-refractivity contribution in [2.45, 2.75) is 77.7 Å². The van der Waals surface area contributed by atoms with E-state index in [4.69, 9.17) is 9.73 Å². The minimum Gasteiger partial charge on any atom is -0.392 e. The van der Waals surface area contributed by atoms with Crippen LogP contribution in [0.15, 0.2) is 4.99 Å². The van der Waals surface area contributed by atoms with Crippen LogP contribution in [0.25, 0.3) is 0 Å². The summed E-state index contributed by atoms with van der Waals surface area (Å²) >= 11 is 0. The maximum Gasteiger partial charge on any atom is 0.191 e. The summed E-state index contributed by atoms with van der Waals surface area (Å²) in [4.78, 5) is 9.34. The summed E-state index contributed by atoms with van der Waals surface area (Å²) in [6.07, 6.45) is 5.84. The lowest BCUT2D eigenvalue weighted by molar-refractivity contribution is 0.00715. The highest BCUT2D eigenvalue weighted by atomic mass is 16.5. The molecule has 152 valence electrons. The van der Waals surface area contributed by atoms with Crippen molar-refractivity contribution in [2.24, 2.45) is 10.4 Å². The van der Waals surface area contributed by atoms with E-state index in [2.05, 4.69) is 34.6 Å². The van der Waals surface area contributed by atoms with Crippen LogP contribution in [0, 0.1) is 5.41 Å². The third-order valence-electron chi connectivity index (χ3n) is 5.74. The van der Waals surface area contributed by atoms with Gasteiger partial charge in [0.25, 0.3) is 0 Å².